The van der Waals surface area contributed by atoms with Crippen molar-refractivity contribution >= 4 is 17.8 Å². The molecule has 0 saturated carbocycles. The van der Waals surface area contributed by atoms with Gasteiger partial charge in [0.05, 0.1) is 27.1 Å². The lowest BCUT2D eigenvalue weighted by Crippen LogP contribution is -2.29. The maximum atomic E-state index is 11.9. The predicted molar refractivity (Wildman–Crippen MR) is 75.0 cm³/mol. The van der Waals surface area contributed by atoms with E-state index in [1.165, 1.54) is 20.3 Å². The second-order valence-corrected chi connectivity index (χ2v) is 4.10. The van der Waals surface area contributed by atoms with Crippen molar-refractivity contribution in [2.75, 3.05) is 14.2 Å². The van der Waals surface area contributed by atoms with Crippen LogP contribution >= 0.6 is 0 Å². The Bertz CT molecular complexity index is 536. The van der Waals surface area contributed by atoms with Crippen LogP contribution in [0.1, 0.15) is 12.0 Å². The lowest BCUT2D eigenvalue weighted by Gasteiger charge is -2.08. The van der Waals surface area contributed by atoms with E-state index >= 15 is 0 Å². The van der Waals surface area contributed by atoms with Gasteiger partial charge in [0.2, 0.25) is 5.91 Å². The molecule has 1 N–H and O–H groups in total. The van der Waals surface area contributed by atoms with E-state index in [0.717, 1.165) is 5.56 Å². The molecule has 0 spiro atoms. The topological polar surface area (TPSA) is 81.7 Å². The summed E-state index contributed by atoms with van der Waals surface area (Å²) < 4.78 is 9.02. The molecule has 0 saturated heterocycles. The van der Waals surface area contributed by atoms with Crippen molar-refractivity contribution in [3.8, 4) is 0 Å². The number of carbonyl (C=O) groups is 3. The minimum absolute atomic E-state index is 0.0798. The van der Waals surface area contributed by atoms with Crippen molar-refractivity contribution in [3.63, 3.8) is 0 Å². The first-order valence-corrected chi connectivity index (χ1v) is 6.26. The van der Waals surface area contributed by atoms with Gasteiger partial charge in [0.25, 0.3) is 0 Å². The number of amides is 1. The molecule has 1 aromatic rings. The largest absolute Gasteiger partial charge is 0.469 e. The van der Waals surface area contributed by atoms with Crippen LogP contribution in [-0.2, 0) is 30.3 Å². The average molecular weight is 291 g/mol. The summed E-state index contributed by atoms with van der Waals surface area (Å²) in [6.45, 7) is 0. The molecule has 0 aliphatic carbocycles. The second kappa shape index (κ2) is 8.52. The third kappa shape index (κ3) is 5.90. The first-order chi connectivity index (χ1) is 10.1. The highest BCUT2D eigenvalue weighted by Gasteiger charge is 2.14. The monoisotopic (exact) mass is 291 g/mol. The summed E-state index contributed by atoms with van der Waals surface area (Å²) in [4.78, 5) is 34.5. The molecule has 0 heterocycles. The van der Waals surface area contributed by atoms with E-state index in [0.29, 0.717) is 0 Å². The number of hydrogen-bond acceptors (Lipinski definition) is 5. The molecule has 0 aromatic heterocycles. The van der Waals surface area contributed by atoms with Gasteiger partial charge in [0.15, 0.2) is 0 Å². The second-order valence-electron chi connectivity index (χ2n) is 4.10. The number of hydrogen-bond donors (Lipinski definition) is 1. The molecule has 0 atom stereocenters. The minimum Gasteiger partial charge on any atom is -0.469 e. The molecule has 21 heavy (non-hydrogen) atoms. The standard InChI is InChI=1S/C15H17NO5/c1-20-14(18)9-8-12(15(19)21-2)16-13(17)10-11-6-4-3-5-7-11/h3-8H,9-10H2,1-2H3,(H,16,17)/b12-8-. The minimum atomic E-state index is -0.722. The maximum absolute atomic E-state index is 11.9. The Morgan fingerprint density at radius 2 is 1.76 bits per heavy atom. The molecule has 1 amide bonds. The fourth-order valence-corrected chi connectivity index (χ4v) is 1.54. The molecule has 1 rings (SSSR count). The Hall–Kier alpha value is -2.63. The Balaban J connectivity index is 2.70. The molecule has 0 bridgehead atoms. The Morgan fingerprint density at radius 3 is 2.33 bits per heavy atom. The molecule has 112 valence electrons. The first-order valence-electron chi connectivity index (χ1n) is 6.26. The SMILES string of the molecule is COC(=O)C/C=C(\NC(=O)Cc1ccccc1)C(=O)OC. The zero-order valence-electron chi connectivity index (χ0n) is 11.9. The normalized spacial score (nSPS) is 10.7. The van der Waals surface area contributed by atoms with Crippen molar-refractivity contribution < 1.29 is 23.9 Å². The van der Waals surface area contributed by atoms with E-state index in [-0.39, 0.29) is 24.4 Å². The van der Waals surface area contributed by atoms with Gasteiger partial charge in [0.1, 0.15) is 5.70 Å². The van der Waals surface area contributed by atoms with Crippen molar-refractivity contribution in [1.82, 2.24) is 5.32 Å². The van der Waals surface area contributed by atoms with E-state index in [1.54, 1.807) is 12.1 Å². The molecular formula is C15H17NO5. The van der Waals surface area contributed by atoms with Gasteiger partial charge < -0.3 is 14.8 Å². The van der Waals surface area contributed by atoms with Crippen molar-refractivity contribution in [3.05, 3.63) is 47.7 Å². The van der Waals surface area contributed by atoms with E-state index < -0.39 is 11.9 Å². The summed E-state index contributed by atoms with van der Waals surface area (Å²) >= 11 is 0. The van der Waals surface area contributed by atoms with Gasteiger partial charge >= 0.3 is 11.9 Å². The van der Waals surface area contributed by atoms with Gasteiger partial charge in [0, 0.05) is 0 Å². The molecule has 6 nitrogen and oxygen atoms in total. The maximum Gasteiger partial charge on any atom is 0.354 e. The van der Waals surface area contributed by atoms with E-state index in [4.69, 9.17) is 0 Å². The van der Waals surface area contributed by atoms with E-state index in [2.05, 4.69) is 14.8 Å². The fraction of sp³-hybridized carbons (Fsp3) is 0.267. The van der Waals surface area contributed by atoms with Crippen molar-refractivity contribution in [1.29, 1.82) is 0 Å². The molecule has 0 aliphatic heterocycles. The third-order valence-electron chi connectivity index (χ3n) is 2.59. The molecule has 1 aromatic carbocycles. The van der Waals surface area contributed by atoms with E-state index in [9.17, 15) is 14.4 Å². The third-order valence-corrected chi connectivity index (χ3v) is 2.59. The van der Waals surface area contributed by atoms with Crippen LogP contribution in [0.15, 0.2) is 42.1 Å². The predicted octanol–water partition coefficient (Wildman–Crippen LogP) is 0.965. The number of ether oxygens (including phenoxy) is 2. The lowest BCUT2D eigenvalue weighted by atomic mass is 10.1. The summed E-state index contributed by atoms with van der Waals surface area (Å²) in [5, 5.41) is 2.44. The Labute approximate surface area is 122 Å². The zero-order chi connectivity index (χ0) is 15.7. The summed E-state index contributed by atoms with van der Waals surface area (Å²) in [6.07, 6.45) is 1.25. The van der Waals surface area contributed by atoms with Gasteiger partial charge in [-0.2, -0.15) is 0 Å². The van der Waals surface area contributed by atoms with Crippen LogP contribution in [-0.4, -0.2) is 32.1 Å². The Morgan fingerprint density at radius 1 is 1.10 bits per heavy atom. The van der Waals surface area contributed by atoms with Crippen molar-refractivity contribution in [2.24, 2.45) is 0 Å². The highest BCUT2D eigenvalue weighted by atomic mass is 16.5. The summed E-state index contributed by atoms with van der Waals surface area (Å²) in [6, 6.07) is 9.08. The molecular weight excluding hydrogens is 274 g/mol. The Kier molecular flexibility index (Phi) is 6.67. The van der Waals surface area contributed by atoms with Crippen LogP contribution in [0.5, 0.6) is 0 Å². The van der Waals surface area contributed by atoms with Gasteiger partial charge in [-0.1, -0.05) is 30.3 Å². The average Bonchev–Trinajstić information content (AvgIpc) is 2.51. The summed E-state index contributed by atoms with van der Waals surface area (Å²) in [5.74, 6) is -1.61. The quantitative estimate of drug-likeness (QED) is 0.624. The van der Waals surface area contributed by atoms with Crippen molar-refractivity contribution in [2.45, 2.75) is 12.8 Å². The zero-order valence-corrected chi connectivity index (χ0v) is 11.9. The fourth-order valence-electron chi connectivity index (χ4n) is 1.54. The number of methoxy groups -OCH3 is 2. The summed E-state index contributed by atoms with van der Waals surface area (Å²) in [7, 11) is 2.43. The highest BCUT2D eigenvalue weighted by Crippen LogP contribution is 2.02. The van der Waals surface area contributed by atoms with Crippen LogP contribution in [0.4, 0.5) is 0 Å². The van der Waals surface area contributed by atoms with Gasteiger partial charge in [-0.3, -0.25) is 9.59 Å². The molecule has 6 heteroatoms. The van der Waals surface area contributed by atoms with Crippen LogP contribution in [0.25, 0.3) is 0 Å². The van der Waals surface area contributed by atoms with E-state index in [1.807, 2.05) is 18.2 Å². The number of rotatable bonds is 6. The molecule has 0 radical (unpaired) electrons. The number of benzene rings is 1. The number of carbonyl (C=O) groups excluding carboxylic acids is 3. The summed E-state index contributed by atoms with van der Waals surface area (Å²) in [5.41, 5.74) is 0.732. The van der Waals surface area contributed by atoms with Crippen LogP contribution in [0.2, 0.25) is 0 Å². The molecule has 0 aliphatic rings. The number of nitrogens with one attached hydrogen (secondary N) is 1. The van der Waals surface area contributed by atoms with Gasteiger partial charge in [-0.05, 0) is 11.6 Å². The smallest absolute Gasteiger partial charge is 0.354 e. The van der Waals surface area contributed by atoms with Crippen LogP contribution < -0.4 is 5.32 Å². The lowest BCUT2D eigenvalue weighted by molar-refractivity contribution is -0.139. The first kappa shape index (κ1) is 16.4. The van der Waals surface area contributed by atoms with Gasteiger partial charge in [-0.15, -0.1) is 0 Å². The molecule has 0 unspecified atom stereocenters. The van der Waals surface area contributed by atoms with Gasteiger partial charge in [-0.25, -0.2) is 4.79 Å². The number of esters is 2. The van der Waals surface area contributed by atoms with Crippen LogP contribution in [0, 0.1) is 0 Å². The van der Waals surface area contributed by atoms with Crippen LogP contribution in [0.3, 0.4) is 0 Å². The highest BCUT2D eigenvalue weighted by molar-refractivity contribution is 5.94. The molecule has 0 fully saturated rings.